The fourth-order valence-corrected chi connectivity index (χ4v) is 1.92. The van der Waals surface area contributed by atoms with E-state index in [1.807, 2.05) is 0 Å². The fraction of sp³-hybridized carbons (Fsp3) is 0.364. The van der Waals surface area contributed by atoms with E-state index in [0.29, 0.717) is 5.03 Å². The molecular formula is C11H14N2O4S. The van der Waals surface area contributed by atoms with E-state index in [0.717, 1.165) is 11.8 Å². The smallest absolute Gasteiger partial charge is 0.340 e. The minimum atomic E-state index is -0.502. The van der Waals surface area contributed by atoms with Gasteiger partial charge in [0.25, 0.3) is 0 Å². The zero-order chi connectivity index (χ0) is 13.5. The minimum absolute atomic E-state index is 0.0833. The van der Waals surface area contributed by atoms with Gasteiger partial charge in [0.15, 0.2) is 0 Å². The van der Waals surface area contributed by atoms with Crippen molar-refractivity contribution in [3.8, 4) is 0 Å². The molecule has 1 heterocycles. The van der Waals surface area contributed by atoms with Crippen molar-refractivity contribution in [3.63, 3.8) is 0 Å². The molecule has 0 saturated heterocycles. The normalized spacial score (nSPS) is 9.89. The van der Waals surface area contributed by atoms with Crippen LogP contribution in [0.25, 0.3) is 0 Å². The summed E-state index contributed by atoms with van der Waals surface area (Å²) < 4.78 is 9.37. The number of hydrogen-bond donors (Lipinski definition) is 1. The highest BCUT2D eigenvalue weighted by Gasteiger charge is 2.15. The molecule has 2 N–H and O–H groups in total. The van der Waals surface area contributed by atoms with Gasteiger partial charge in [0.2, 0.25) is 0 Å². The summed E-state index contributed by atoms with van der Waals surface area (Å²) in [6.07, 6.45) is 1.45. The van der Waals surface area contributed by atoms with Gasteiger partial charge in [-0.2, -0.15) is 0 Å². The molecule has 7 heteroatoms. The van der Waals surface area contributed by atoms with Crippen molar-refractivity contribution >= 4 is 29.4 Å². The lowest BCUT2D eigenvalue weighted by Crippen LogP contribution is -2.10. The second-order valence-corrected chi connectivity index (χ2v) is 4.13. The molecule has 0 unspecified atom stereocenters. The van der Waals surface area contributed by atoms with E-state index in [4.69, 9.17) is 10.5 Å². The first-order chi connectivity index (χ1) is 8.60. The molecule has 1 rings (SSSR count). The van der Waals surface area contributed by atoms with Gasteiger partial charge in [0, 0.05) is 6.20 Å². The summed E-state index contributed by atoms with van der Waals surface area (Å²) in [5, 5.41) is 0.408. The number of nitrogens with zero attached hydrogens (tertiary/aromatic N) is 1. The Morgan fingerprint density at radius 2 is 2.22 bits per heavy atom. The number of carbonyl (C=O) groups excluding carboxylic acids is 2. The third-order valence-electron chi connectivity index (χ3n) is 2.00. The van der Waals surface area contributed by atoms with Gasteiger partial charge >= 0.3 is 11.9 Å². The molecule has 98 valence electrons. The monoisotopic (exact) mass is 270 g/mol. The molecule has 1 aromatic heterocycles. The fourth-order valence-electron chi connectivity index (χ4n) is 1.14. The van der Waals surface area contributed by atoms with Gasteiger partial charge in [0.1, 0.15) is 5.03 Å². The van der Waals surface area contributed by atoms with E-state index in [1.165, 1.54) is 19.4 Å². The Hall–Kier alpha value is -1.76. The zero-order valence-electron chi connectivity index (χ0n) is 10.1. The topological polar surface area (TPSA) is 91.5 Å². The quantitative estimate of drug-likeness (QED) is 0.632. The van der Waals surface area contributed by atoms with Crippen molar-refractivity contribution in [2.24, 2.45) is 0 Å². The number of esters is 2. The summed E-state index contributed by atoms with van der Waals surface area (Å²) in [6.45, 7) is 1.98. The van der Waals surface area contributed by atoms with Gasteiger partial charge in [-0.3, -0.25) is 4.79 Å². The SMILES string of the molecule is CCOC(=O)c1ccnc(SCC(=O)OC)c1N. The average molecular weight is 270 g/mol. The molecule has 0 saturated carbocycles. The van der Waals surface area contributed by atoms with Crippen molar-refractivity contribution in [1.29, 1.82) is 0 Å². The molecule has 0 aliphatic carbocycles. The Bertz CT molecular complexity index is 451. The number of ether oxygens (including phenoxy) is 2. The summed E-state index contributed by atoms with van der Waals surface area (Å²) in [6, 6.07) is 1.48. The third kappa shape index (κ3) is 3.63. The van der Waals surface area contributed by atoms with Crippen molar-refractivity contribution in [3.05, 3.63) is 17.8 Å². The van der Waals surface area contributed by atoms with Gasteiger partial charge in [0.05, 0.1) is 30.7 Å². The molecule has 0 fully saturated rings. The molecule has 0 atom stereocenters. The van der Waals surface area contributed by atoms with E-state index < -0.39 is 5.97 Å². The van der Waals surface area contributed by atoms with Crippen LogP contribution >= 0.6 is 11.8 Å². The molecular weight excluding hydrogens is 256 g/mol. The molecule has 0 radical (unpaired) electrons. The predicted molar refractivity (Wildman–Crippen MR) is 67.3 cm³/mol. The Morgan fingerprint density at radius 3 is 2.83 bits per heavy atom. The number of aromatic nitrogens is 1. The number of rotatable bonds is 5. The Morgan fingerprint density at radius 1 is 1.50 bits per heavy atom. The molecule has 0 aromatic carbocycles. The average Bonchev–Trinajstić information content (AvgIpc) is 2.37. The van der Waals surface area contributed by atoms with Crippen molar-refractivity contribution < 1.29 is 19.1 Å². The van der Waals surface area contributed by atoms with Gasteiger partial charge in [-0.05, 0) is 13.0 Å². The molecule has 1 aromatic rings. The third-order valence-corrected chi connectivity index (χ3v) is 2.98. The maximum Gasteiger partial charge on any atom is 0.340 e. The second-order valence-electron chi connectivity index (χ2n) is 3.16. The van der Waals surface area contributed by atoms with Crippen LogP contribution in [0.5, 0.6) is 0 Å². The van der Waals surface area contributed by atoms with Gasteiger partial charge in [-0.15, -0.1) is 0 Å². The molecule has 0 aliphatic heterocycles. The Balaban J connectivity index is 2.84. The lowest BCUT2D eigenvalue weighted by molar-refractivity contribution is -0.137. The van der Waals surface area contributed by atoms with E-state index in [2.05, 4.69) is 9.72 Å². The first-order valence-electron chi connectivity index (χ1n) is 5.21. The number of pyridine rings is 1. The molecule has 18 heavy (non-hydrogen) atoms. The first kappa shape index (κ1) is 14.3. The number of hydrogen-bond acceptors (Lipinski definition) is 7. The summed E-state index contributed by atoms with van der Waals surface area (Å²) in [5.41, 5.74) is 6.27. The number of nitrogen functional groups attached to an aromatic ring is 1. The highest BCUT2D eigenvalue weighted by molar-refractivity contribution is 8.00. The predicted octanol–water partition coefficient (Wildman–Crippen LogP) is 1.11. The number of methoxy groups -OCH3 is 1. The lowest BCUT2D eigenvalue weighted by atomic mass is 10.2. The van der Waals surface area contributed by atoms with E-state index in [1.54, 1.807) is 6.92 Å². The number of anilines is 1. The maximum atomic E-state index is 11.6. The largest absolute Gasteiger partial charge is 0.468 e. The van der Waals surface area contributed by atoms with Gasteiger partial charge in [-0.1, -0.05) is 11.8 Å². The van der Waals surface area contributed by atoms with Crippen LogP contribution in [-0.2, 0) is 14.3 Å². The molecule has 0 bridgehead atoms. The van der Waals surface area contributed by atoms with Gasteiger partial charge in [-0.25, -0.2) is 9.78 Å². The number of carbonyl (C=O) groups is 2. The van der Waals surface area contributed by atoms with Crippen LogP contribution in [-0.4, -0.2) is 36.4 Å². The molecule has 0 spiro atoms. The highest BCUT2D eigenvalue weighted by atomic mass is 32.2. The van der Waals surface area contributed by atoms with Crippen molar-refractivity contribution in [2.75, 3.05) is 25.2 Å². The Kier molecular flexibility index (Phi) is 5.44. The molecule has 0 amide bonds. The van der Waals surface area contributed by atoms with E-state index in [9.17, 15) is 9.59 Å². The maximum absolute atomic E-state index is 11.6. The second kappa shape index (κ2) is 6.85. The van der Waals surface area contributed by atoms with Crippen molar-refractivity contribution in [1.82, 2.24) is 4.98 Å². The van der Waals surface area contributed by atoms with E-state index >= 15 is 0 Å². The van der Waals surface area contributed by atoms with Crippen LogP contribution in [0.3, 0.4) is 0 Å². The summed E-state index contributed by atoms with van der Waals surface area (Å²) >= 11 is 1.11. The van der Waals surface area contributed by atoms with Crippen molar-refractivity contribution in [2.45, 2.75) is 11.9 Å². The minimum Gasteiger partial charge on any atom is -0.468 e. The summed E-state index contributed by atoms with van der Waals surface area (Å²) in [5.74, 6) is -0.806. The van der Waals surface area contributed by atoms with Gasteiger partial charge < -0.3 is 15.2 Å². The van der Waals surface area contributed by atoms with Crippen LogP contribution in [0.2, 0.25) is 0 Å². The number of thioether (sulfide) groups is 1. The first-order valence-corrected chi connectivity index (χ1v) is 6.19. The standard InChI is InChI=1S/C11H14N2O4S/c1-3-17-11(15)7-4-5-13-10(9(7)12)18-6-8(14)16-2/h4-5H,3,6,12H2,1-2H3. The Labute approximate surface area is 109 Å². The number of nitrogens with two attached hydrogens (primary N) is 1. The van der Waals surface area contributed by atoms with Crippen LogP contribution in [0.4, 0.5) is 5.69 Å². The summed E-state index contributed by atoms with van der Waals surface area (Å²) in [4.78, 5) is 26.6. The lowest BCUT2D eigenvalue weighted by Gasteiger charge is -2.08. The van der Waals surface area contributed by atoms with Crippen LogP contribution in [0.15, 0.2) is 17.3 Å². The van der Waals surface area contributed by atoms with Crippen LogP contribution in [0.1, 0.15) is 17.3 Å². The van der Waals surface area contributed by atoms with Crippen LogP contribution < -0.4 is 5.73 Å². The summed E-state index contributed by atoms with van der Waals surface area (Å²) in [7, 11) is 1.30. The molecule has 0 aliphatic rings. The van der Waals surface area contributed by atoms with E-state index in [-0.39, 0.29) is 29.6 Å². The zero-order valence-corrected chi connectivity index (χ0v) is 11.0. The van der Waals surface area contributed by atoms with Crippen LogP contribution in [0, 0.1) is 0 Å². The highest BCUT2D eigenvalue weighted by Crippen LogP contribution is 2.25. The molecule has 6 nitrogen and oxygen atoms in total.